The number of aliphatic hydroxyl groups excluding tert-OH is 4. The molecule has 0 radical (unpaired) electrons. The number of rotatable bonds is 4. The lowest BCUT2D eigenvalue weighted by atomic mass is 9.84. The van der Waals surface area contributed by atoms with Crippen molar-refractivity contribution in [2.24, 2.45) is 17.2 Å². The monoisotopic (exact) mass is 352 g/mol. The Hall–Kier alpha value is -0.960. The van der Waals surface area contributed by atoms with Crippen LogP contribution in [0.4, 0.5) is 0 Å². The van der Waals surface area contributed by atoms with Crippen LogP contribution in [-0.4, -0.2) is 92.9 Å². The van der Waals surface area contributed by atoms with Gasteiger partial charge in [0.15, 0.2) is 6.10 Å². The molecule has 0 unspecified atom stereocenters. The van der Waals surface area contributed by atoms with E-state index in [4.69, 9.17) is 26.7 Å². The molecule has 24 heavy (non-hydrogen) atoms. The smallest absolute Gasteiger partial charge is 0.291 e. The van der Waals surface area contributed by atoms with Gasteiger partial charge in [-0.3, -0.25) is 10.1 Å². The third-order valence-electron chi connectivity index (χ3n) is 4.53. The first-order valence-corrected chi connectivity index (χ1v) is 7.57. The first-order chi connectivity index (χ1) is 11.2. The predicted molar refractivity (Wildman–Crippen MR) is 78.0 cm³/mol. The molecule has 1 saturated carbocycles. The molecule has 2 rings (SSSR count). The van der Waals surface area contributed by atoms with Gasteiger partial charge < -0.3 is 47.1 Å². The maximum Gasteiger partial charge on any atom is 0.291 e. The van der Waals surface area contributed by atoms with E-state index in [1.54, 1.807) is 0 Å². The van der Waals surface area contributed by atoms with Gasteiger partial charge in [0, 0.05) is 23.6 Å². The summed E-state index contributed by atoms with van der Waals surface area (Å²) in [5.74, 6) is 0. The third-order valence-corrected chi connectivity index (χ3v) is 4.53. The molecule has 0 aromatic rings. The van der Waals surface area contributed by atoms with Gasteiger partial charge in [-0.2, -0.15) is 0 Å². The molecule has 12 nitrogen and oxygen atoms in total. The zero-order valence-electron chi connectivity index (χ0n) is 12.8. The van der Waals surface area contributed by atoms with E-state index in [9.17, 15) is 30.5 Å². The summed E-state index contributed by atoms with van der Waals surface area (Å²) in [5.41, 5.74) is 16.9. The summed E-state index contributed by atoms with van der Waals surface area (Å²) in [7, 11) is 0. The second kappa shape index (κ2) is 7.51. The third kappa shape index (κ3) is 3.51. The summed E-state index contributed by atoms with van der Waals surface area (Å²) in [6.45, 7) is -0.213. The summed E-state index contributed by atoms with van der Waals surface area (Å²) < 4.78 is 10.7. The lowest BCUT2D eigenvalue weighted by Crippen LogP contribution is -2.67. The van der Waals surface area contributed by atoms with Crippen LogP contribution in [0.1, 0.15) is 6.42 Å². The van der Waals surface area contributed by atoms with Crippen molar-refractivity contribution in [3.8, 4) is 0 Å². The molecular weight excluding hydrogens is 328 g/mol. The van der Waals surface area contributed by atoms with Crippen molar-refractivity contribution >= 4 is 0 Å². The minimum absolute atomic E-state index is 0.115. The Morgan fingerprint density at radius 2 is 1.71 bits per heavy atom. The average Bonchev–Trinajstić information content (AvgIpc) is 2.52. The summed E-state index contributed by atoms with van der Waals surface area (Å²) in [6.07, 6.45) is -9.94. The summed E-state index contributed by atoms with van der Waals surface area (Å²) >= 11 is 0. The van der Waals surface area contributed by atoms with Crippen molar-refractivity contribution in [3.63, 3.8) is 0 Å². The normalized spacial score (nSPS) is 49.8. The topological polar surface area (TPSA) is 221 Å². The van der Waals surface area contributed by atoms with Crippen molar-refractivity contribution in [1.29, 1.82) is 0 Å². The van der Waals surface area contributed by atoms with Gasteiger partial charge >= 0.3 is 0 Å². The van der Waals surface area contributed by atoms with Gasteiger partial charge in [-0.05, 0) is 6.42 Å². The summed E-state index contributed by atoms with van der Waals surface area (Å²) in [4.78, 5) is 10.4. The van der Waals surface area contributed by atoms with Crippen molar-refractivity contribution < 1.29 is 34.8 Å². The maximum absolute atomic E-state index is 11.2. The van der Waals surface area contributed by atoms with Crippen molar-refractivity contribution in [3.05, 3.63) is 10.1 Å². The number of hydrogen-bond donors (Lipinski definition) is 7. The fourth-order valence-corrected chi connectivity index (χ4v) is 3.07. The van der Waals surface area contributed by atoms with E-state index in [0.717, 1.165) is 0 Å². The predicted octanol–water partition coefficient (Wildman–Crippen LogP) is -4.80. The summed E-state index contributed by atoms with van der Waals surface area (Å²) in [5, 5.41) is 50.9. The maximum atomic E-state index is 11.2. The Kier molecular flexibility index (Phi) is 6.06. The first-order valence-electron chi connectivity index (χ1n) is 7.57. The highest BCUT2D eigenvalue weighted by Gasteiger charge is 2.54. The first kappa shape index (κ1) is 19.4. The number of nitrogens with zero attached hydrogens (tertiary/aromatic N) is 1. The molecule has 1 saturated heterocycles. The number of nitrogens with two attached hydrogens (primary N) is 3. The quantitative estimate of drug-likeness (QED) is 0.188. The number of nitro groups is 1. The van der Waals surface area contributed by atoms with Gasteiger partial charge in [0.05, 0.1) is 6.10 Å². The van der Waals surface area contributed by atoms with Crippen LogP contribution in [0.25, 0.3) is 0 Å². The Balaban J connectivity index is 2.19. The highest BCUT2D eigenvalue weighted by Crippen LogP contribution is 2.28. The molecule has 0 aromatic carbocycles. The van der Waals surface area contributed by atoms with Crippen LogP contribution in [-0.2, 0) is 9.47 Å². The van der Waals surface area contributed by atoms with Crippen LogP contribution < -0.4 is 17.2 Å². The second-order valence-corrected chi connectivity index (χ2v) is 6.18. The number of hydrogen-bond acceptors (Lipinski definition) is 11. The molecule has 0 amide bonds. The van der Waals surface area contributed by atoms with Gasteiger partial charge in [-0.15, -0.1) is 0 Å². The molecule has 0 spiro atoms. The average molecular weight is 352 g/mol. The molecule has 1 aliphatic carbocycles. The van der Waals surface area contributed by atoms with E-state index >= 15 is 0 Å². The van der Waals surface area contributed by atoms with Crippen LogP contribution >= 0.6 is 0 Å². The molecule has 140 valence electrons. The van der Waals surface area contributed by atoms with Crippen LogP contribution in [0.3, 0.4) is 0 Å². The molecule has 1 heterocycles. The van der Waals surface area contributed by atoms with Crippen LogP contribution in [0.5, 0.6) is 0 Å². The number of aliphatic hydroxyl groups is 4. The Bertz CT molecular complexity index is 457. The Morgan fingerprint density at radius 1 is 1.08 bits per heavy atom. The van der Waals surface area contributed by atoms with Crippen molar-refractivity contribution in [1.82, 2.24) is 0 Å². The SMILES string of the molecule is NC[C@@H]1O[C@@H](O[C@H]2[C@@H](O)[C@@H](O)[C@H](N)C[C@@H]2N)[C@@H]([N+](=O)[O-])[C@H](O)[C@H]1O. The van der Waals surface area contributed by atoms with Crippen molar-refractivity contribution in [2.45, 2.75) is 67.5 Å². The zero-order chi connectivity index (χ0) is 18.2. The fraction of sp³-hybridized carbons (Fsp3) is 1.00. The van der Waals surface area contributed by atoms with Crippen LogP contribution in [0.2, 0.25) is 0 Å². The van der Waals surface area contributed by atoms with Crippen LogP contribution in [0, 0.1) is 10.1 Å². The van der Waals surface area contributed by atoms with Gasteiger partial charge in [-0.1, -0.05) is 0 Å². The van der Waals surface area contributed by atoms with E-state index in [2.05, 4.69) is 0 Å². The van der Waals surface area contributed by atoms with Gasteiger partial charge in [0.1, 0.15) is 24.4 Å². The molecule has 10 atom stereocenters. The molecule has 2 fully saturated rings. The highest BCUT2D eigenvalue weighted by molar-refractivity contribution is 4.99. The minimum Gasteiger partial charge on any atom is -0.389 e. The highest BCUT2D eigenvalue weighted by atomic mass is 16.7. The van der Waals surface area contributed by atoms with Gasteiger partial charge in [0.2, 0.25) is 6.29 Å². The fourth-order valence-electron chi connectivity index (χ4n) is 3.07. The molecule has 1 aliphatic heterocycles. The molecular formula is C12H24N4O8. The van der Waals surface area contributed by atoms with Gasteiger partial charge in [0.25, 0.3) is 6.04 Å². The molecule has 10 N–H and O–H groups in total. The number of ether oxygens (including phenoxy) is 2. The summed E-state index contributed by atoms with van der Waals surface area (Å²) in [6, 6.07) is -3.39. The van der Waals surface area contributed by atoms with Gasteiger partial charge in [-0.25, -0.2) is 0 Å². The Labute approximate surface area is 137 Å². The van der Waals surface area contributed by atoms with Crippen LogP contribution in [0.15, 0.2) is 0 Å². The van der Waals surface area contributed by atoms with E-state index in [0.29, 0.717) is 0 Å². The zero-order valence-corrected chi connectivity index (χ0v) is 12.8. The second-order valence-electron chi connectivity index (χ2n) is 6.18. The standard InChI is InChI=1S/C12H24N4O8/c13-2-5-8(18)9(19)6(16(21)22)12(23-5)24-11-4(15)1-3(14)7(17)10(11)20/h3-12,17-20H,1-2,13-15H2/t3-,4+,5+,6+,7+,8+,9+,10+,11-,12+/m1/s1. The minimum atomic E-state index is -1.81. The Morgan fingerprint density at radius 3 is 2.25 bits per heavy atom. The van der Waals surface area contributed by atoms with E-state index in [-0.39, 0.29) is 13.0 Å². The molecule has 0 aromatic heterocycles. The molecule has 2 aliphatic rings. The van der Waals surface area contributed by atoms with E-state index < -0.39 is 66.0 Å². The molecule has 12 heteroatoms. The molecule has 0 bridgehead atoms. The largest absolute Gasteiger partial charge is 0.389 e. The van der Waals surface area contributed by atoms with Crippen molar-refractivity contribution in [2.75, 3.05) is 6.54 Å². The lowest BCUT2D eigenvalue weighted by molar-refractivity contribution is -0.576. The van der Waals surface area contributed by atoms with E-state index in [1.807, 2.05) is 0 Å². The lowest BCUT2D eigenvalue weighted by Gasteiger charge is -2.44. The van der Waals surface area contributed by atoms with E-state index in [1.165, 1.54) is 0 Å².